The number of carboxylic acids is 1. The van der Waals surface area contributed by atoms with Crippen molar-refractivity contribution in [2.45, 2.75) is 25.9 Å². The molecule has 0 bridgehead atoms. The summed E-state index contributed by atoms with van der Waals surface area (Å²) in [6.45, 7) is 5.28. The van der Waals surface area contributed by atoms with Crippen molar-refractivity contribution in [3.05, 3.63) is 34.9 Å². The molecule has 0 radical (unpaired) electrons. The first-order valence-electron chi connectivity index (χ1n) is 7.00. The molecule has 0 amide bonds. The van der Waals surface area contributed by atoms with Crippen LogP contribution >= 0.6 is 0 Å². The monoisotopic (exact) mass is 260 g/mol. The van der Waals surface area contributed by atoms with Crippen LogP contribution in [-0.4, -0.2) is 35.6 Å². The summed E-state index contributed by atoms with van der Waals surface area (Å²) in [5.41, 5.74) is 2.88. The second-order valence-electron chi connectivity index (χ2n) is 5.65. The first kappa shape index (κ1) is 12.6. The highest BCUT2D eigenvalue weighted by atomic mass is 16.4. The lowest BCUT2D eigenvalue weighted by Gasteiger charge is -2.27. The minimum Gasteiger partial charge on any atom is -0.478 e. The second-order valence-corrected chi connectivity index (χ2v) is 5.65. The average Bonchev–Trinajstić information content (AvgIpc) is 2.80. The van der Waals surface area contributed by atoms with Gasteiger partial charge >= 0.3 is 5.97 Å². The topological polar surface area (TPSA) is 52.6 Å². The highest BCUT2D eigenvalue weighted by Crippen LogP contribution is 2.26. The molecular weight excluding hydrogens is 240 g/mol. The van der Waals surface area contributed by atoms with Crippen LogP contribution in [0.3, 0.4) is 0 Å². The van der Waals surface area contributed by atoms with Crippen molar-refractivity contribution in [2.24, 2.45) is 5.92 Å². The summed E-state index contributed by atoms with van der Waals surface area (Å²) in [6, 6.07) is 5.52. The Morgan fingerprint density at radius 1 is 1.26 bits per heavy atom. The van der Waals surface area contributed by atoms with Crippen molar-refractivity contribution in [1.29, 1.82) is 0 Å². The Labute approximate surface area is 113 Å². The number of rotatable bonds is 3. The van der Waals surface area contributed by atoms with Gasteiger partial charge in [0.2, 0.25) is 0 Å². The minimum atomic E-state index is -0.834. The first-order chi connectivity index (χ1) is 9.22. The van der Waals surface area contributed by atoms with E-state index in [0.29, 0.717) is 5.56 Å². The fourth-order valence-electron chi connectivity index (χ4n) is 3.16. The average molecular weight is 260 g/mol. The van der Waals surface area contributed by atoms with Gasteiger partial charge < -0.3 is 10.4 Å². The Kier molecular flexibility index (Phi) is 3.53. The van der Waals surface area contributed by atoms with Gasteiger partial charge in [0.25, 0.3) is 0 Å². The number of hydrogen-bond acceptors (Lipinski definition) is 3. The summed E-state index contributed by atoms with van der Waals surface area (Å²) in [6.07, 6.45) is 2.51. The molecule has 1 saturated heterocycles. The van der Waals surface area contributed by atoms with Crippen LogP contribution in [0.4, 0.5) is 0 Å². The van der Waals surface area contributed by atoms with Crippen LogP contribution in [0.1, 0.15) is 34.3 Å². The normalized spacial score (nSPS) is 20.4. The van der Waals surface area contributed by atoms with Gasteiger partial charge in [-0.1, -0.05) is 6.07 Å². The first-order valence-corrected chi connectivity index (χ1v) is 7.00. The molecular formula is C15H20N2O2. The van der Waals surface area contributed by atoms with Crippen LogP contribution in [0.15, 0.2) is 18.2 Å². The molecule has 0 unspecified atom stereocenters. The van der Waals surface area contributed by atoms with Crippen molar-refractivity contribution < 1.29 is 9.90 Å². The van der Waals surface area contributed by atoms with E-state index in [-0.39, 0.29) is 0 Å². The number of nitrogens with one attached hydrogen (secondary N) is 1. The maximum Gasteiger partial charge on any atom is 0.335 e. The third kappa shape index (κ3) is 2.80. The van der Waals surface area contributed by atoms with Crippen LogP contribution in [0.5, 0.6) is 0 Å². The maximum atomic E-state index is 11.0. The second kappa shape index (κ2) is 5.31. The SMILES string of the molecule is O=C(O)c1ccc2c(c1)CN(CC1CCNCC1)C2. The zero-order chi connectivity index (χ0) is 13.2. The molecule has 4 nitrogen and oxygen atoms in total. The van der Waals surface area contributed by atoms with E-state index in [1.165, 1.54) is 24.0 Å². The predicted octanol–water partition coefficient (Wildman–Crippen LogP) is 1.70. The number of carboxylic acid groups (broad SMARTS) is 1. The van der Waals surface area contributed by atoms with E-state index >= 15 is 0 Å². The number of carbonyl (C=O) groups is 1. The molecule has 4 heteroatoms. The van der Waals surface area contributed by atoms with E-state index in [1.807, 2.05) is 12.1 Å². The third-order valence-corrected chi connectivity index (χ3v) is 4.22. The van der Waals surface area contributed by atoms with Crippen molar-refractivity contribution >= 4 is 5.97 Å². The van der Waals surface area contributed by atoms with Gasteiger partial charge in [0.15, 0.2) is 0 Å². The van der Waals surface area contributed by atoms with Crippen molar-refractivity contribution in [3.63, 3.8) is 0 Å². The number of benzene rings is 1. The lowest BCUT2D eigenvalue weighted by atomic mass is 9.98. The lowest BCUT2D eigenvalue weighted by molar-refractivity contribution is 0.0696. The van der Waals surface area contributed by atoms with Gasteiger partial charge in [0.05, 0.1) is 5.56 Å². The molecule has 102 valence electrons. The Hall–Kier alpha value is -1.39. The molecule has 0 saturated carbocycles. The summed E-state index contributed by atoms with van der Waals surface area (Å²) in [7, 11) is 0. The molecule has 1 fully saturated rings. The van der Waals surface area contributed by atoms with Crippen LogP contribution in [-0.2, 0) is 13.1 Å². The fourth-order valence-corrected chi connectivity index (χ4v) is 3.16. The summed E-state index contributed by atoms with van der Waals surface area (Å²) < 4.78 is 0. The predicted molar refractivity (Wildman–Crippen MR) is 73.1 cm³/mol. The zero-order valence-electron chi connectivity index (χ0n) is 11.1. The van der Waals surface area contributed by atoms with Gasteiger partial charge in [-0.3, -0.25) is 4.90 Å². The summed E-state index contributed by atoms with van der Waals surface area (Å²) >= 11 is 0. The largest absolute Gasteiger partial charge is 0.478 e. The Morgan fingerprint density at radius 2 is 2.00 bits per heavy atom. The van der Waals surface area contributed by atoms with Crippen molar-refractivity contribution in [2.75, 3.05) is 19.6 Å². The lowest BCUT2D eigenvalue weighted by Crippen LogP contribution is -2.34. The van der Waals surface area contributed by atoms with E-state index in [9.17, 15) is 4.79 Å². The van der Waals surface area contributed by atoms with Gasteiger partial charge in [-0.25, -0.2) is 4.79 Å². The molecule has 1 aromatic carbocycles. The fraction of sp³-hybridized carbons (Fsp3) is 0.533. The molecule has 19 heavy (non-hydrogen) atoms. The molecule has 0 atom stereocenters. The summed E-state index contributed by atoms with van der Waals surface area (Å²) in [5, 5.41) is 12.4. The van der Waals surface area contributed by atoms with Gasteiger partial charge in [-0.15, -0.1) is 0 Å². The Bertz CT molecular complexity index is 481. The molecule has 2 aliphatic rings. The number of hydrogen-bond donors (Lipinski definition) is 2. The molecule has 2 heterocycles. The van der Waals surface area contributed by atoms with E-state index in [0.717, 1.165) is 38.6 Å². The number of piperidine rings is 1. The molecule has 0 aliphatic carbocycles. The number of aromatic carboxylic acids is 1. The molecule has 1 aromatic rings. The van der Waals surface area contributed by atoms with Crippen LogP contribution in [0.25, 0.3) is 0 Å². The van der Waals surface area contributed by atoms with Crippen molar-refractivity contribution in [1.82, 2.24) is 10.2 Å². The third-order valence-electron chi connectivity index (χ3n) is 4.22. The smallest absolute Gasteiger partial charge is 0.335 e. The van der Waals surface area contributed by atoms with Gasteiger partial charge in [0, 0.05) is 19.6 Å². The minimum absolute atomic E-state index is 0.405. The summed E-state index contributed by atoms with van der Waals surface area (Å²) in [5.74, 6) is -0.0471. The van der Waals surface area contributed by atoms with Crippen LogP contribution in [0.2, 0.25) is 0 Å². The Morgan fingerprint density at radius 3 is 2.74 bits per heavy atom. The molecule has 0 aromatic heterocycles. The van der Waals surface area contributed by atoms with Gasteiger partial charge in [-0.2, -0.15) is 0 Å². The van der Waals surface area contributed by atoms with Gasteiger partial charge in [0.1, 0.15) is 0 Å². The Balaban J connectivity index is 1.64. The van der Waals surface area contributed by atoms with E-state index < -0.39 is 5.97 Å². The maximum absolute atomic E-state index is 11.0. The number of fused-ring (bicyclic) bond motifs is 1. The van der Waals surface area contributed by atoms with E-state index in [2.05, 4.69) is 10.2 Å². The zero-order valence-corrected chi connectivity index (χ0v) is 11.1. The number of nitrogens with zero attached hydrogens (tertiary/aromatic N) is 1. The van der Waals surface area contributed by atoms with E-state index in [4.69, 9.17) is 5.11 Å². The van der Waals surface area contributed by atoms with Gasteiger partial charge in [-0.05, 0) is 55.1 Å². The molecule has 2 aliphatic heterocycles. The highest BCUT2D eigenvalue weighted by molar-refractivity contribution is 5.87. The standard InChI is InChI=1S/C15H20N2O2/c18-15(19)12-1-2-13-9-17(10-14(13)7-12)8-11-3-5-16-6-4-11/h1-2,7,11,16H,3-6,8-10H2,(H,18,19). The van der Waals surface area contributed by atoms with E-state index in [1.54, 1.807) is 6.07 Å². The highest BCUT2D eigenvalue weighted by Gasteiger charge is 2.23. The van der Waals surface area contributed by atoms with Crippen LogP contribution < -0.4 is 5.32 Å². The van der Waals surface area contributed by atoms with Crippen molar-refractivity contribution in [3.8, 4) is 0 Å². The quantitative estimate of drug-likeness (QED) is 0.868. The molecule has 3 rings (SSSR count). The molecule has 2 N–H and O–H groups in total. The summed E-state index contributed by atoms with van der Waals surface area (Å²) in [4.78, 5) is 13.4. The molecule has 0 spiro atoms. The van der Waals surface area contributed by atoms with Crippen LogP contribution in [0, 0.1) is 5.92 Å².